The van der Waals surface area contributed by atoms with Crippen LogP contribution in [0, 0.1) is 20.8 Å². The number of halogens is 1. The highest BCUT2D eigenvalue weighted by molar-refractivity contribution is 9.09. The lowest BCUT2D eigenvalue weighted by Gasteiger charge is -2.15. The zero-order valence-corrected chi connectivity index (χ0v) is 13.4. The summed E-state index contributed by atoms with van der Waals surface area (Å²) in [5, 5.41) is 2.23. The van der Waals surface area contributed by atoms with Gasteiger partial charge in [-0.1, -0.05) is 40.2 Å². The Morgan fingerprint density at radius 1 is 1.22 bits per heavy atom. The summed E-state index contributed by atoms with van der Waals surface area (Å²) in [6.07, 6.45) is 1.02. The van der Waals surface area contributed by atoms with Crippen LogP contribution >= 0.6 is 27.3 Å². The van der Waals surface area contributed by atoms with E-state index >= 15 is 0 Å². The minimum atomic E-state index is 0.510. The van der Waals surface area contributed by atoms with Gasteiger partial charge in [0.2, 0.25) is 0 Å². The lowest BCUT2D eigenvalue weighted by atomic mass is 9.94. The van der Waals surface area contributed by atoms with Crippen molar-refractivity contribution in [3.8, 4) is 0 Å². The maximum atomic E-state index is 4.65. The number of alkyl halides is 1. The van der Waals surface area contributed by atoms with Gasteiger partial charge in [0.25, 0.3) is 0 Å². The van der Waals surface area contributed by atoms with E-state index in [0.29, 0.717) is 5.92 Å². The zero-order chi connectivity index (χ0) is 13.1. The Labute approximate surface area is 121 Å². The molecule has 0 saturated carbocycles. The normalized spacial score (nSPS) is 12.7. The van der Waals surface area contributed by atoms with Crippen LogP contribution in [0.2, 0.25) is 0 Å². The molecule has 0 amide bonds. The highest BCUT2D eigenvalue weighted by Gasteiger charge is 2.15. The Morgan fingerprint density at radius 2 is 1.94 bits per heavy atom. The molecule has 0 aliphatic heterocycles. The SMILES string of the molecule is Cc1ccccc1C(CBr)Cc1nc(C)c(C)s1. The molecule has 3 heteroatoms. The van der Waals surface area contributed by atoms with Crippen molar-refractivity contribution in [2.45, 2.75) is 33.1 Å². The van der Waals surface area contributed by atoms with E-state index < -0.39 is 0 Å². The first-order valence-electron chi connectivity index (χ1n) is 6.16. The average Bonchev–Trinajstić information content (AvgIpc) is 2.66. The van der Waals surface area contributed by atoms with E-state index in [0.717, 1.165) is 11.8 Å². The maximum Gasteiger partial charge on any atom is 0.0937 e. The number of hydrogen-bond acceptors (Lipinski definition) is 2. The van der Waals surface area contributed by atoms with Crippen molar-refractivity contribution in [3.05, 3.63) is 51.0 Å². The van der Waals surface area contributed by atoms with Gasteiger partial charge in [-0.15, -0.1) is 11.3 Å². The molecule has 1 heterocycles. The lowest BCUT2D eigenvalue weighted by Crippen LogP contribution is -2.06. The summed E-state index contributed by atoms with van der Waals surface area (Å²) < 4.78 is 0. The van der Waals surface area contributed by atoms with Crippen LogP contribution in [0.1, 0.15) is 32.6 Å². The lowest BCUT2D eigenvalue weighted by molar-refractivity contribution is 0.762. The van der Waals surface area contributed by atoms with Crippen LogP contribution in [0.25, 0.3) is 0 Å². The second-order valence-electron chi connectivity index (χ2n) is 4.66. The molecule has 0 radical (unpaired) electrons. The summed E-state index contributed by atoms with van der Waals surface area (Å²) in [7, 11) is 0. The van der Waals surface area contributed by atoms with Crippen molar-refractivity contribution in [2.75, 3.05) is 5.33 Å². The summed E-state index contributed by atoms with van der Waals surface area (Å²) in [5.41, 5.74) is 3.97. The highest BCUT2D eigenvalue weighted by atomic mass is 79.9. The minimum absolute atomic E-state index is 0.510. The Hall–Kier alpha value is -0.670. The van der Waals surface area contributed by atoms with Gasteiger partial charge >= 0.3 is 0 Å². The molecule has 1 aromatic heterocycles. The molecule has 0 fully saturated rings. The molecular weight excluding hydrogens is 306 g/mol. The molecule has 2 rings (SSSR count). The predicted octanol–water partition coefficient (Wildman–Crippen LogP) is 4.79. The average molecular weight is 324 g/mol. The highest BCUT2D eigenvalue weighted by Crippen LogP contribution is 2.28. The second kappa shape index (κ2) is 5.98. The predicted molar refractivity (Wildman–Crippen MR) is 83.0 cm³/mol. The van der Waals surface area contributed by atoms with E-state index in [-0.39, 0.29) is 0 Å². The fraction of sp³-hybridized carbons (Fsp3) is 0.400. The third kappa shape index (κ3) is 3.01. The van der Waals surface area contributed by atoms with Gasteiger partial charge in [-0.25, -0.2) is 4.98 Å². The number of benzene rings is 1. The first-order chi connectivity index (χ1) is 8.61. The molecule has 0 aliphatic rings. The van der Waals surface area contributed by atoms with Crippen LogP contribution in [-0.2, 0) is 6.42 Å². The maximum absolute atomic E-state index is 4.65. The zero-order valence-electron chi connectivity index (χ0n) is 11.0. The Morgan fingerprint density at radius 3 is 2.50 bits per heavy atom. The van der Waals surface area contributed by atoms with Crippen molar-refractivity contribution < 1.29 is 0 Å². The molecule has 0 spiro atoms. The van der Waals surface area contributed by atoms with Gasteiger partial charge in [-0.05, 0) is 31.9 Å². The van der Waals surface area contributed by atoms with Gasteiger partial charge in [0.15, 0.2) is 0 Å². The molecule has 0 aliphatic carbocycles. The largest absolute Gasteiger partial charge is 0.246 e. The molecule has 0 N–H and O–H groups in total. The third-order valence-corrected chi connectivity index (χ3v) is 5.19. The molecule has 2 aromatic rings. The van der Waals surface area contributed by atoms with Gasteiger partial charge in [-0.2, -0.15) is 0 Å². The molecule has 0 saturated heterocycles. The standard InChI is InChI=1S/C15H18BrNS/c1-10-6-4-5-7-14(10)13(9-16)8-15-17-11(2)12(3)18-15/h4-7,13H,8-9H2,1-3H3. The van der Waals surface area contributed by atoms with Crippen molar-refractivity contribution in [1.82, 2.24) is 4.98 Å². The number of aryl methyl sites for hydroxylation is 3. The molecule has 96 valence electrons. The van der Waals surface area contributed by atoms with E-state index in [1.54, 1.807) is 0 Å². The molecule has 1 aromatic carbocycles. The van der Waals surface area contributed by atoms with Crippen LogP contribution in [0.3, 0.4) is 0 Å². The van der Waals surface area contributed by atoms with Crippen molar-refractivity contribution in [1.29, 1.82) is 0 Å². The Kier molecular flexibility index (Phi) is 4.57. The van der Waals surface area contributed by atoms with E-state index in [4.69, 9.17) is 0 Å². The second-order valence-corrected chi connectivity index (χ2v) is 6.60. The van der Waals surface area contributed by atoms with Crippen LogP contribution < -0.4 is 0 Å². The van der Waals surface area contributed by atoms with E-state index in [1.807, 2.05) is 11.3 Å². The molecule has 1 nitrogen and oxygen atoms in total. The summed E-state index contributed by atoms with van der Waals surface area (Å²) in [6.45, 7) is 6.42. The monoisotopic (exact) mass is 323 g/mol. The van der Waals surface area contributed by atoms with Gasteiger partial charge in [0.1, 0.15) is 0 Å². The molecule has 1 atom stereocenters. The summed E-state index contributed by atoms with van der Waals surface area (Å²) in [4.78, 5) is 5.99. The smallest absolute Gasteiger partial charge is 0.0937 e. The number of aromatic nitrogens is 1. The molecular formula is C15H18BrNS. The van der Waals surface area contributed by atoms with Crippen LogP contribution in [-0.4, -0.2) is 10.3 Å². The van der Waals surface area contributed by atoms with Crippen molar-refractivity contribution in [3.63, 3.8) is 0 Å². The Balaban J connectivity index is 2.22. The molecule has 1 unspecified atom stereocenters. The first kappa shape index (κ1) is 13.8. The number of rotatable bonds is 4. The molecule has 0 bridgehead atoms. The first-order valence-corrected chi connectivity index (χ1v) is 8.10. The fourth-order valence-corrected chi connectivity index (χ4v) is 3.72. The molecule has 18 heavy (non-hydrogen) atoms. The van der Waals surface area contributed by atoms with E-state index in [1.165, 1.54) is 26.7 Å². The minimum Gasteiger partial charge on any atom is -0.246 e. The van der Waals surface area contributed by atoms with Gasteiger partial charge in [-0.3, -0.25) is 0 Å². The summed E-state index contributed by atoms with van der Waals surface area (Å²) >= 11 is 5.47. The quantitative estimate of drug-likeness (QED) is 0.737. The number of hydrogen-bond donors (Lipinski definition) is 0. The number of nitrogens with zero attached hydrogens (tertiary/aromatic N) is 1. The van der Waals surface area contributed by atoms with Gasteiger partial charge in [0.05, 0.1) is 10.7 Å². The van der Waals surface area contributed by atoms with Crippen LogP contribution in [0.15, 0.2) is 24.3 Å². The van der Waals surface area contributed by atoms with E-state index in [2.05, 4.69) is 66.0 Å². The topological polar surface area (TPSA) is 12.9 Å². The van der Waals surface area contributed by atoms with Crippen molar-refractivity contribution >= 4 is 27.3 Å². The fourth-order valence-electron chi connectivity index (χ4n) is 2.13. The summed E-state index contributed by atoms with van der Waals surface area (Å²) in [6, 6.07) is 8.64. The van der Waals surface area contributed by atoms with Gasteiger partial charge < -0.3 is 0 Å². The number of thiazole rings is 1. The third-order valence-electron chi connectivity index (χ3n) is 3.31. The summed E-state index contributed by atoms with van der Waals surface area (Å²) in [5.74, 6) is 0.510. The van der Waals surface area contributed by atoms with E-state index in [9.17, 15) is 0 Å². The van der Waals surface area contributed by atoms with Gasteiger partial charge in [0, 0.05) is 22.5 Å². The Bertz CT molecular complexity index is 514. The van der Waals surface area contributed by atoms with Crippen LogP contribution in [0.5, 0.6) is 0 Å². The van der Waals surface area contributed by atoms with Crippen LogP contribution in [0.4, 0.5) is 0 Å². The van der Waals surface area contributed by atoms with Crippen molar-refractivity contribution in [2.24, 2.45) is 0 Å².